The number of likely N-dealkylation sites (tertiary alicyclic amines) is 1. The van der Waals surface area contributed by atoms with Crippen LogP contribution in [-0.2, 0) is 4.79 Å². The minimum Gasteiger partial charge on any atom is -0.508 e. The Labute approximate surface area is 152 Å². The van der Waals surface area contributed by atoms with Crippen LogP contribution in [0, 0.1) is 11.8 Å². The first kappa shape index (κ1) is 17.8. The van der Waals surface area contributed by atoms with E-state index in [2.05, 4.69) is 5.32 Å². The van der Waals surface area contributed by atoms with Gasteiger partial charge in [-0.05, 0) is 37.8 Å². The van der Waals surface area contributed by atoms with Gasteiger partial charge in [-0.25, -0.2) is 0 Å². The van der Waals surface area contributed by atoms with E-state index in [4.69, 9.17) is 28.9 Å². The standard InChI is InChI=1S/C17H23Cl2N3O2/c18-13-7-12(15(23)8-14(13)19)16(20)10-2-5-22(6-3-10)17(24)11-1-4-21-9-11/h7-8,10-11,16,21,23H,1-6,9,20H2/t11-,16?/m1/s1. The Morgan fingerprint density at radius 1 is 1.25 bits per heavy atom. The number of halogens is 2. The number of aromatic hydroxyl groups is 1. The fourth-order valence-electron chi connectivity index (χ4n) is 3.68. The van der Waals surface area contributed by atoms with Crippen molar-refractivity contribution in [2.75, 3.05) is 26.2 Å². The van der Waals surface area contributed by atoms with E-state index in [-0.39, 0.29) is 29.5 Å². The van der Waals surface area contributed by atoms with Gasteiger partial charge in [-0.3, -0.25) is 4.79 Å². The Bertz CT molecular complexity index is 612. The van der Waals surface area contributed by atoms with Crippen molar-refractivity contribution in [3.05, 3.63) is 27.7 Å². The molecule has 132 valence electrons. The number of piperidine rings is 1. The molecule has 0 radical (unpaired) electrons. The van der Waals surface area contributed by atoms with Gasteiger partial charge in [0.25, 0.3) is 0 Å². The molecule has 2 saturated heterocycles. The van der Waals surface area contributed by atoms with Gasteiger partial charge in [0.15, 0.2) is 0 Å². The van der Waals surface area contributed by atoms with Crippen molar-refractivity contribution in [1.82, 2.24) is 10.2 Å². The van der Waals surface area contributed by atoms with E-state index in [1.807, 2.05) is 4.90 Å². The molecule has 0 spiro atoms. The van der Waals surface area contributed by atoms with Crippen LogP contribution in [0.4, 0.5) is 0 Å². The molecule has 0 bridgehead atoms. The van der Waals surface area contributed by atoms with Gasteiger partial charge in [-0.1, -0.05) is 23.2 Å². The van der Waals surface area contributed by atoms with Crippen LogP contribution in [0.25, 0.3) is 0 Å². The van der Waals surface area contributed by atoms with E-state index in [0.717, 1.165) is 45.4 Å². The minimum atomic E-state index is -0.315. The van der Waals surface area contributed by atoms with E-state index in [1.54, 1.807) is 6.07 Å². The fraction of sp³-hybridized carbons (Fsp3) is 0.588. The van der Waals surface area contributed by atoms with Crippen molar-refractivity contribution in [3.8, 4) is 5.75 Å². The summed E-state index contributed by atoms with van der Waals surface area (Å²) in [7, 11) is 0. The van der Waals surface area contributed by atoms with E-state index < -0.39 is 0 Å². The highest BCUT2D eigenvalue weighted by Crippen LogP contribution is 2.37. The fourth-order valence-corrected chi connectivity index (χ4v) is 4.01. The molecule has 5 nitrogen and oxygen atoms in total. The number of carbonyl (C=O) groups is 1. The van der Waals surface area contributed by atoms with Gasteiger partial charge < -0.3 is 21.1 Å². The maximum atomic E-state index is 12.5. The molecular formula is C17H23Cl2N3O2. The summed E-state index contributed by atoms with van der Waals surface area (Å²) in [5.41, 5.74) is 6.98. The molecule has 4 N–H and O–H groups in total. The highest BCUT2D eigenvalue weighted by Gasteiger charge is 2.32. The third-order valence-electron chi connectivity index (χ3n) is 5.20. The first-order chi connectivity index (χ1) is 11.5. The van der Waals surface area contributed by atoms with Gasteiger partial charge >= 0.3 is 0 Å². The number of nitrogens with two attached hydrogens (primary N) is 1. The van der Waals surface area contributed by atoms with Crippen LogP contribution in [0.1, 0.15) is 30.9 Å². The average Bonchev–Trinajstić information content (AvgIpc) is 3.11. The number of hydrogen-bond donors (Lipinski definition) is 3. The number of phenolic OH excluding ortho intramolecular Hbond substituents is 1. The van der Waals surface area contributed by atoms with Gasteiger partial charge in [0.1, 0.15) is 5.75 Å². The van der Waals surface area contributed by atoms with Gasteiger partial charge in [0, 0.05) is 37.3 Å². The minimum absolute atomic E-state index is 0.0763. The summed E-state index contributed by atoms with van der Waals surface area (Å²) < 4.78 is 0. The second-order valence-electron chi connectivity index (χ2n) is 6.70. The molecule has 2 atom stereocenters. The monoisotopic (exact) mass is 371 g/mol. The molecule has 7 heteroatoms. The number of nitrogens with zero attached hydrogens (tertiary/aromatic N) is 1. The van der Waals surface area contributed by atoms with Crippen LogP contribution in [0.3, 0.4) is 0 Å². The van der Waals surface area contributed by atoms with Crippen molar-refractivity contribution in [2.24, 2.45) is 17.6 Å². The first-order valence-corrected chi connectivity index (χ1v) is 9.16. The van der Waals surface area contributed by atoms with Gasteiger partial charge in [-0.15, -0.1) is 0 Å². The zero-order valence-electron chi connectivity index (χ0n) is 13.5. The molecule has 3 rings (SSSR count). The van der Waals surface area contributed by atoms with Crippen molar-refractivity contribution in [3.63, 3.8) is 0 Å². The Hall–Kier alpha value is -1.01. The second-order valence-corrected chi connectivity index (χ2v) is 7.52. The van der Waals surface area contributed by atoms with Crippen molar-refractivity contribution >= 4 is 29.1 Å². The average molecular weight is 372 g/mol. The normalized spacial score (nSPS) is 23.5. The molecule has 2 aliphatic heterocycles. The lowest BCUT2D eigenvalue weighted by Crippen LogP contribution is -2.44. The molecule has 1 amide bonds. The third kappa shape index (κ3) is 3.64. The van der Waals surface area contributed by atoms with Crippen molar-refractivity contribution < 1.29 is 9.90 Å². The Balaban J connectivity index is 1.62. The maximum Gasteiger partial charge on any atom is 0.227 e. The zero-order valence-corrected chi connectivity index (χ0v) is 15.0. The molecule has 1 unspecified atom stereocenters. The second kappa shape index (κ2) is 7.48. The number of amides is 1. The van der Waals surface area contributed by atoms with Gasteiger partial charge in [0.05, 0.1) is 16.0 Å². The van der Waals surface area contributed by atoms with E-state index in [0.29, 0.717) is 15.6 Å². The summed E-state index contributed by atoms with van der Waals surface area (Å²) in [4.78, 5) is 14.4. The van der Waals surface area contributed by atoms with Gasteiger partial charge in [0.2, 0.25) is 5.91 Å². The number of rotatable bonds is 3. The first-order valence-electron chi connectivity index (χ1n) is 8.40. The smallest absolute Gasteiger partial charge is 0.227 e. The molecule has 1 aromatic carbocycles. The summed E-state index contributed by atoms with van der Waals surface area (Å²) in [5, 5.41) is 14.0. The summed E-state index contributed by atoms with van der Waals surface area (Å²) in [6, 6.07) is 2.77. The predicted molar refractivity (Wildman–Crippen MR) is 95.3 cm³/mol. The predicted octanol–water partition coefficient (Wildman–Crippen LogP) is 2.55. The molecule has 1 aromatic rings. The van der Waals surface area contributed by atoms with E-state index in [9.17, 15) is 9.90 Å². The number of phenols is 1. The summed E-state index contributed by atoms with van der Waals surface area (Å²) in [6.07, 6.45) is 2.58. The molecule has 0 saturated carbocycles. The van der Waals surface area contributed by atoms with Crippen LogP contribution < -0.4 is 11.1 Å². The number of nitrogens with one attached hydrogen (secondary N) is 1. The van der Waals surface area contributed by atoms with Crippen molar-refractivity contribution in [1.29, 1.82) is 0 Å². The van der Waals surface area contributed by atoms with Crippen LogP contribution in [-0.4, -0.2) is 42.1 Å². The van der Waals surface area contributed by atoms with Crippen LogP contribution in [0.15, 0.2) is 12.1 Å². The van der Waals surface area contributed by atoms with E-state index >= 15 is 0 Å². The Morgan fingerprint density at radius 3 is 2.54 bits per heavy atom. The summed E-state index contributed by atoms with van der Waals surface area (Å²) in [6.45, 7) is 3.15. The molecule has 2 fully saturated rings. The number of hydrogen-bond acceptors (Lipinski definition) is 4. The molecule has 24 heavy (non-hydrogen) atoms. The summed E-state index contributed by atoms with van der Waals surface area (Å²) in [5.74, 6) is 0.657. The molecule has 0 aromatic heterocycles. The number of carbonyl (C=O) groups excluding carboxylic acids is 1. The highest BCUT2D eigenvalue weighted by atomic mass is 35.5. The molecule has 2 aliphatic rings. The zero-order chi connectivity index (χ0) is 17.3. The van der Waals surface area contributed by atoms with Gasteiger partial charge in [-0.2, -0.15) is 0 Å². The topological polar surface area (TPSA) is 78.6 Å². The Morgan fingerprint density at radius 2 is 1.92 bits per heavy atom. The molecule has 2 heterocycles. The quantitative estimate of drug-likeness (QED) is 0.762. The number of benzene rings is 1. The van der Waals surface area contributed by atoms with Crippen LogP contribution >= 0.6 is 23.2 Å². The molecule has 0 aliphatic carbocycles. The van der Waals surface area contributed by atoms with Crippen molar-refractivity contribution in [2.45, 2.75) is 25.3 Å². The lowest BCUT2D eigenvalue weighted by Gasteiger charge is -2.36. The van der Waals surface area contributed by atoms with Crippen LogP contribution in [0.5, 0.6) is 5.75 Å². The molecular weight excluding hydrogens is 349 g/mol. The lowest BCUT2D eigenvalue weighted by molar-refractivity contribution is -0.136. The highest BCUT2D eigenvalue weighted by molar-refractivity contribution is 6.42. The SMILES string of the molecule is NC(c1cc(Cl)c(Cl)cc1O)C1CCN(C(=O)[C@@H]2CCNC2)CC1. The largest absolute Gasteiger partial charge is 0.508 e. The van der Waals surface area contributed by atoms with Crippen LogP contribution in [0.2, 0.25) is 10.0 Å². The maximum absolute atomic E-state index is 12.5. The lowest BCUT2D eigenvalue weighted by atomic mass is 9.85. The Kier molecular flexibility index (Phi) is 5.55. The third-order valence-corrected chi connectivity index (χ3v) is 5.92. The summed E-state index contributed by atoms with van der Waals surface area (Å²) >= 11 is 12.0. The van der Waals surface area contributed by atoms with E-state index in [1.165, 1.54) is 6.07 Å².